The molecule has 0 aromatic heterocycles. The number of rotatable bonds is 6. The van der Waals surface area contributed by atoms with Crippen molar-refractivity contribution in [2.75, 3.05) is 24.7 Å². The van der Waals surface area contributed by atoms with Crippen molar-refractivity contribution in [1.29, 1.82) is 0 Å². The average Bonchev–Trinajstić information content (AvgIpc) is 3.04. The summed E-state index contributed by atoms with van der Waals surface area (Å²) in [5.41, 5.74) is 1.35. The highest BCUT2D eigenvalue weighted by Crippen LogP contribution is 2.22. The van der Waals surface area contributed by atoms with Crippen LogP contribution in [0.4, 0.5) is 5.69 Å². The summed E-state index contributed by atoms with van der Waals surface area (Å²) in [6.45, 7) is 2.42. The Hall–Kier alpha value is -2.19. The minimum absolute atomic E-state index is 0.319. The predicted octanol–water partition coefficient (Wildman–Crippen LogP) is 1.63. The van der Waals surface area contributed by atoms with E-state index in [1.165, 1.54) is 10.4 Å². The highest BCUT2D eigenvalue weighted by atomic mass is 32.2. The normalized spacial score (nSPS) is 18.4. The number of amides is 1. The summed E-state index contributed by atoms with van der Waals surface area (Å²) in [6, 6.07) is 6.21. The quantitative estimate of drug-likeness (QED) is 0.610. The van der Waals surface area contributed by atoms with E-state index in [2.05, 4.69) is 5.32 Å². The number of hydrogen-bond donors (Lipinski definition) is 1. The highest BCUT2D eigenvalue weighted by Gasteiger charge is 2.36. The third-order valence-electron chi connectivity index (χ3n) is 3.81. The minimum Gasteiger partial charge on any atom is -0.463 e. The van der Waals surface area contributed by atoms with E-state index in [1.807, 2.05) is 0 Å². The van der Waals surface area contributed by atoms with Gasteiger partial charge in [0.25, 0.3) is 0 Å². The number of ether oxygens (including phenoxy) is 1. The highest BCUT2D eigenvalue weighted by molar-refractivity contribution is 7.88. The number of carbonyl (C=O) groups is 2. The fourth-order valence-corrected chi connectivity index (χ4v) is 3.78. The van der Waals surface area contributed by atoms with Gasteiger partial charge in [0.05, 0.1) is 12.9 Å². The van der Waals surface area contributed by atoms with Crippen molar-refractivity contribution in [2.45, 2.75) is 25.8 Å². The maximum atomic E-state index is 12.4. The van der Waals surface area contributed by atoms with Gasteiger partial charge in [0.1, 0.15) is 6.04 Å². The van der Waals surface area contributed by atoms with Gasteiger partial charge in [-0.1, -0.05) is 12.1 Å². The standard InChI is InChI=1S/C17H22N2O5S/c1-3-24-16(20)11-8-13-6-9-14(10-7-13)18-17(21)15-5-4-12-19(15)25(2,22)23/h6-11,15H,3-5,12H2,1-2H3,(H,18,21)/b11-8+. The van der Waals surface area contributed by atoms with E-state index in [-0.39, 0.29) is 5.91 Å². The molecule has 1 unspecified atom stereocenters. The molecule has 0 radical (unpaired) electrons. The van der Waals surface area contributed by atoms with Crippen molar-refractivity contribution in [1.82, 2.24) is 4.31 Å². The van der Waals surface area contributed by atoms with E-state index in [0.29, 0.717) is 31.7 Å². The zero-order valence-electron chi connectivity index (χ0n) is 14.3. The van der Waals surface area contributed by atoms with Crippen LogP contribution in [0.5, 0.6) is 0 Å². The molecule has 1 fully saturated rings. The monoisotopic (exact) mass is 366 g/mol. The molecule has 1 aromatic carbocycles. The van der Waals surface area contributed by atoms with Crippen LogP contribution < -0.4 is 5.32 Å². The zero-order valence-corrected chi connectivity index (χ0v) is 15.1. The first kappa shape index (κ1) is 19.1. The van der Waals surface area contributed by atoms with Crippen molar-refractivity contribution in [2.24, 2.45) is 0 Å². The van der Waals surface area contributed by atoms with Crippen LogP contribution in [-0.2, 0) is 24.3 Å². The van der Waals surface area contributed by atoms with Crippen molar-refractivity contribution in [3.63, 3.8) is 0 Å². The lowest BCUT2D eigenvalue weighted by molar-refractivity contribution is -0.137. The molecule has 1 N–H and O–H groups in total. The van der Waals surface area contributed by atoms with Gasteiger partial charge in [-0.3, -0.25) is 4.79 Å². The van der Waals surface area contributed by atoms with Crippen LogP contribution in [0.2, 0.25) is 0 Å². The number of anilines is 1. The Kier molecular flexibility index (Phi) is 6.33. The van der Waals surface area contributed by atoms with Gasteiger partial charge in [0, 0.05) is 18.3 Å². The predicted molar refractivity (Wildman–Crippen MR) is 95.3 cm³/mol. The molecule has 0 aliphatic carbocycles. The number of carbonyl (C=O) groups excluding carboxylic acids is 2. The van der Waals surface area contributed by atoms with E-state index in [1.54, 1.807) is 37.3 Å². The molecular formula is C17H22N2O5S. The lowest BCUT2D eigenvalue weighted by atomic mass is 10.1. The Balaban J connectivity index is 1.99. The molecule has 0 saturated carbocycles. The number of sulfonamides is 1. The first-order valence-electron chi connectivity index (χ1n) is 8.04. The van der Waals surface area contributed by atoms with Crippen LogP contribution in [0.25, 0.3) is 6.08 Å². The van der Waals surface area contributed by atoms with Crippen molar-refractivity contribution in [3.05, 3.63) is 35.9 Å². The molecule has 0 spiro atoms. The molecular weight excluding hydrogens is 344 g/mol. The Labute approximate surface area is 147 Å². The van der Waals surface area contributed by atoms with Crippen molar-refractivity contribution < 1.29 is 22.7 Å². The zero-order chi connectivity index (χ0) is 18.4. The Morgan fingerprint density at radius 1 is 1.32 bits per heavy atom. The fourth-order valence-electron chi connectivity index (χ4n) is 2.66. The van der Waals surface area contributed by atoms with Crippen molar-refractivity contribution >= 4 is 33.7 Å². The second-order valence-corrected chi connectivity index (χ2v) is 7.66. The second kappa shape index (κ2) is 8.26. The molecule has 1 aromatic rings. The second-order valence-electron chi connectivity index (χ2n) is 5.73. The Bertz CT molecular complexity index is 756. The third-order valence-corrected chi connectivity index (χ3v) is 5.10. The van der Waals surface area contributed by atoms with Gasteiger partial charge >= 0.3 is 5.97 Å². The first-order valence-corrected chi connectivity index (χ1v) is 9.88. The summed E-state index contributed by atoms with van der Waals surface area (Å²) in [4.78, 5) is 23.6. The van der Waals surface area contributed by atoms with E-state index in [4.69, 9.17) is 4.74 Å². The molecule has 25 heavy (non-hydrogen) atoms. The van der Waals surface area contributed by atoms with Crippen LogP contribution in [0.3, 0.4) is 0 Å². The molecule has 8 heteroatoms. The van der Waals surface area contributed by atoms with E-state index >= 15 is 0 Å². The lowest BCUT2D eigenvalue weighted by Gasteiger charge is -2.21. The molecule has 0 bridgehead atoms. The Morgan fingerprint density at radius 3 is 2.60 bits per heavy atom. The minimum atomic E-state index is -3.40. The summed E-state index contributed by atoms with van der Waals surface area (Å²) in [5.74, 6) is -0.750. The van der Waals surface area contributed by atoms with Crippen LogP contribution in [0, 0.1) is 0 Å². The van der Waals surface area contributed by atoms with E-state index in [0.717, 1.165) is 11.8 Å². The first-order chi connectivity index (χ1) is 11.8. The molecule has 1 amide bonds. The molecule has 1 saturated heterocycles. The van der Waals surface area contributed by atoms with Gasteiger partial charge in [0.2, 0.25) is 15.9 Å². The lowest BCUT2D eigenvalue weighted by Crippen LogP contribution is -2.42. The average molecular weight is 366 g/mol. The van der Waals surface area contributed by atoms with Gasteiger partial charge in [0.15, 0.2) is 0 Å². The van der Waals surface area contributed by atoms with Gasteiger partial charge in [-0.15, -0.1) is 0 Å². The maximum absolute atomic E-state index is 12.4. The fraction of sp³-hybridized carbons (Fsp3) is 0.412. The van der Waals surface area contributed by atoms with Crippen LogP contribution in [0.15, 0.2) is 30.3 Å². The van der Waals surface area contributed by atoms with Gasteiger partial charge in [-0.05, 0) is 43.5 Å². The smallest absolute Gasteiger partial charge is 0.330 e. The number of nitrogens with zero attached hydrogens (tertiary/aromatic N) is 1. The Morgan fingerprint density at radius 2 is 2.00 bits per heavy atom. The summed E-state index contributed by atoms with van der Waals surface area (Å²) in [5, 5.41) is 2.74. The number of hydrogen-bond acceptors (Lipinski definition) is 5. The molecule has 7 nitrogen and oxygen atoms in total. The van der Waals surface area contributed by atoms with Crippen LogP contribution in [-0.4, -0.2) is 50.0 Å². The molecule has 1 aliphatic rings. The van der Waals surface area contributed by atoms with E-state index in [9.17, 15) is 18.0 Å². The van der Waals surface area contributed by atoms with Crippen molar-refractivity contribution in [3.8, 4) is 0 Å². The molecule has 1 atom stereocenters. The molecule has 2 rings (SSSR count). The topological polar surface area (TPSA) is 92.8 Å². The number of esters is 1. The number of nitrogens with one attached hydrogen (secondary N) is 1. The van der Waals surface area contributed by atoms with Crippen LogP contribution >= 0.6 is 0 Å². The molecule has 1 heterocycles. The maximum Gasteiger partial charge on any atom is 0.330 e. The summed E-state index contributed by atoms with van der Waals surface area (Å²) in [6.07, 6.45) is 5.25. The summed E-state index contributed by atoms with van der Waals surface area (Å²) >= 11 is 0. The van der Waals surface area contributed by atoms with Gasteiger partial charge < -0.3 is 10.1 Å². The van der Waals surface area contributed by atoms with Gasteiger partial charge in [-0.25, -0.2) is 13.2 Å². The van der Waals surface area contributed by atoms with Gasteiger partial charge in [-0.2, -0.15) is 4.31 Å². The van der Waals surface area contributed by atoms with Crippen LogP contribution in [0.1, 0.15) is 25.3 Å². The number of benzene rings is 1. The SMILES string of the molecule is CCOC(=O)/C=C/c1ccc(NC(=O)C2CCCN2S(C)(=O)=O)cc1. The summed E-state index contributed by atoms with van der Waals surface area (Å²) < 4.78 is 29.5. The molecule has 1 aliphatic heterocycles. The largest absolute Gasteiger partial charge is 0.463 e. The molecule has 136 valence electrons. The summed E-state index contributed by atoms with van der Waals surface area (Å²) in [7, 11) is -3.40. The third kappa shape index (κ3) is 5.40. The van der Waals surface area contributed by atoms with E-state index < -0.39 is 22.0 Å².